The third kappa shape index (κ3) is 3.82. The highest BCUT2D eigenvalue weighted by Gasteiger charge is 2.23. The smallest absolute Gasteiger partial charge is 0.183 e. The quantitative estimate of drug-likeness (QED) is 0.530. The highest BCUT2D eigenvalue weighted by atomic mass is 16.5. The van der Waals surface area contributed by atoms with E-state index in [0.717, 1.165) is 39.6 Å². The maximum absolute atomic E-state index is 5.27. The van der Waals surface area contributed by atoms with Crippen molar-refractivity contribution in [2.45, 2.75) is 19.9 Å². The molecule has 0 fully saturated rings. The van der Waals surface area contributed by atoms with Gasteiger partial charge in [0.2, 0.25) is 0 Å². The van der Waals surface area contributed by atoms with Gasteiger partial charge in [-0.1, -0.05) is 48.5 Å². The van der Waals surface area contributed by atoms with E-state index in [1.807, 2.05) is 53.2 Å². The predicted octanol–water partition coefficient (Wildman–Crippen LogP) is 4.49. The Kier molecular flexibility index (Phi) is 5.24. The lowest BCUT2D eigenvalue weighted by atomic mass is 10.0. The van der Waals surface area contributed by atoms with Crippen molar-refractivity contribution >= 4 is 5.69 Å². The fourth-order valence-electron chi connectivity index (χ4n) is 3.47. The molecule has 0 saturated heterocycles. The SMILES string of the molecule is COc1ccc(NC(c2ccccc2)c2nnnn2-c2c(C)cccc2C)cc1. The van der Waals surface area contributed by atoms with Gasteiger partial charge in [0.15, 0.2) is 5.82 Å². The molecule has 0 radical (unpaired) electrons. The first kappa shape index (κ1) is 18.7. The number of para-hydroxylation sites is 1. The molecule has 6 heteroatoms. The summed E-state index contributed by atoms with van der Waals surface area (Å²) in [5.41, 5.74) is 5.27. The summed E-state index contributed by atoms with van der Waals surface area (Å²) < 4.78 is 7.10. The molecular formula is C23H23N5O. The zero-order valence-electron chi connectivity index (χ0n) is 16.7. The lowest BCUT2D eigenvalue weighted by molar-refractivity contribution is 0.415. The summed E-state index contributed by atoms with van der Waals surface area (Å²) in [5, 5.41) is 16.3. The first-order valence-electron chi connectivity index (χ1n) is 9.48. The number of aryl methyl sites for hydroxylation is 2. The van der Waals surface area contributed by atoms with Crippen LogP contribution in [-0.2, 0) is 0 Å². The van der Waals surface area contributed by atoms with Crippen LogP contribution in [-0.4, -0.2) is 27.3 Å². The van der Waals surface area contributed by atoms with Gasteiger partial charge in [-0.3, -0.25) is 0 Å². The van der Waals surface area contributed by atoms with Crippen LogP contribution >= 0.6 is 0 Å². The van der Waals surface area contributed by atoms with Crippen molar-refractivity contribution in [2.24, 2.45) is 0 Å². The number of tetrazole rings is 1. The number of benzene rings is 3. The molecule has 4 aromatic rings. The summed E-state index contributed by atoms with van der Waals surface area (Å²) in [6, 6.07) is 24.0. The molecule has 6 nitrogen and oxygen atoms in total. The Morgan fingerprint density at radius 2 is 1.55 bits per heavy atom. The van der Waals surface area contributed by atoms with E-state index in [0.29, 0.717) is 0 Å². The molecule has 1 heterocycles. The first-order valence-corrected chi connectivity index (χ1v) is 9.48. The average Bonchev–Trinajstić information content (AvgIpc) is 3.22. The Hall–Kier alpha value is -3.67. The predicted molar refractivity (Wildman–Crippen MR) is 114 cm³/mol. The number of nitrogens with zero attached hydrogens (tertiary/aromatic N) is 4. The van der Waals surface area contributed by atoms with Crippen molar-refractivity contribution in [1.82, 2.24) is 20.2 Å². The van der Waals surface area contributed by atoms with Crippen LogP contribution in [0.25, 0.3) is 5.69 Å². The molecule has 0 saturated carbocycles. The minimum absolute atomic E-state index is 0.224. The molecule has 0 amide bonds. The molecule has 1 aromatic heterocycles. The van der Waals surface area contributed by atoms with Crippen LogP contribution in [0.3, 0.4) is 0 Å². The third-order valence-corrected chi connectivity index (χ3v) is 4.94. The van der Waals surface area contributed by atoms with Crippen LogP contribution < -0.4 is 10.1 Å². The molecular weight excluding hydrogens is 362 g/mol. The van der Waals surface area contributed by atoms with Crippen LogP contribution in [0, 0.1) is 13.8 Å². The van der Waals surface area contributed by atoms with Crippen molar-refractivity contribution in [3.05, 3.63) is 95.3 Å². The number of hydrogen-bond donors (Lipinski definition) is 1. The summed E-state index contributed by atoms with van der Waals surface area (Å²) in [5.74, 6) is 1.54. The minimum Gasteiger partial charge on any atom is -0.497 e. The van der Waals surface area contributed by atoms with Gasteiger partial charge in [-0.15, -0.1) is 5.10 Å². The molecule has 0 aliphatic rings. The van der Waals surface area contributed by atoms with E-state index in [9.17, 15) is 0 Å². The fourth-order valence-corrected chi connectivity index (χ4v) is 3.47. The highest BCUT2D eigenvalue weighted by Crippen LogP contribution is 2.29. The van der Waals surface area contributed by atoms with Crippen LogP contribution in [0.2, 0.25) is 0 Å². The summed E-state index contributed by atoms with van der Waals surface area (Å²) in [6.45, 7) is 4.14. The molecule has 1 N–H and O–H groups in total. The molecule has 146 valence electrons. The standard InChI is InChI=1S/C23H23N5O/c1-16-8-7-9-17(2)22(16)28-23(25-26-27-28)21(18-10-5-4-6-11-18)24-19-12-14-20(29-3)15-13-19/h4-15,21,24H,1-3H3. The van der Waals surface area contributed by atoms with E-state index in [1.165, 1.54) is 0 Å². The van der Waals surface area contributed by atoms with Crippen LogP contribution in [0.5, 0.6) is 5.75 Å². The second-order valence-electron chi connectivity index (χ2n) is 6.91. The summed E-state index contributed by atoms with van der Waals surface area (Å²) in [7, 11) is 1.66. The lowest BCUT2D eigenvalue weighted by Gasteiger charge is -2.21. The van der Waals surface area contributed by atoms with Crippen molar-refractivity contribution in [1.29, 1.82) is 0 Å². The average molecular weight is 385 g/mol. The number of rotatable bonds is 6. The maximum Gasteiger partial charge on any atom is 0.183 e. The normalized spacial score (nSPS) is 11.8. The number of methoxy groups -OCH3 is 1. The maximum atomic E-state index is 5.27. The highest BCUT2D eigenvalue weighted by molar-refractivity contribution is 5.52. The van der Waals surface area contributed by atoms with Crippen LogP contribution in [0.1, 0.15) is 28.6 Å². The number of anilines is 1. The zero-order valence-corrected chi connectivity index (χ0v) is 16.7. The third-order valence-electron chi connectivity index (χ3n) is 4.94. The molecule has 29 heavy (non-hydrogen) atoms. The molecule has 4 rings (SSSR count). The van der Waals surface area contributed by atoms with E-state index in [1.54, 1.807) is 7.11 Å². The van der Waals surface area contributed by atoms with Gasteiger partial charge in [0, 0.05) is 5.69 Å². The molecule has 3 aromatic carbocycles. The van der Waals surface area contributed by atoms with E-state index in [-0.39, 0.29) is 6.04 Å². The number of hydrogen-bond acceptors (Lipinski definition) is 5. The van der Waals surface area contributed by atoms with Crippen molar-refractivity contribution in [2.75, 3.05) is 12.4 Å². The summed E-state index contributed by atoms with van der Waals surface area (Å²) in [6.07, 6.45) is 0. The number of nitrogens with one attached hydrogen (secondary N) is 1. The summed E-state index contributed by atoms with van der Waals surface area (Å²) >= 11 is 0. The largest absolute Gasteiger partial charge is 0.497 e. The number of aromatic nitrogens is 4. The van der Waals surface area contributed by atoms with E-state index >= 15 is 0 Å². The van der Waals surface area contributed by atoms with Gasteiger partial charge in [-0.05, 0) is 65.2 Å². The molecule has 0 aliphatic carbocycles. The Balaban J connectivity index is 1.80. The number of ether oxygens (including phenoxy) is 1. The van der Waals surface area contributed by atoms with Gasteiger partial charge in [0.05, 0.1) is 12.8 Å². The van der Waals surface area contributed by atoms with Crippen LogP contribution in [0.15, 0.2) is 72.8 Å². The van der Waals surface area contributed by atoms with Gasteiger partial charge in [-0.25, -0.2) is 0 Å². The zero-order chi connectivity index (χ0) is 20.2. The van der Waals surface area contributed by atoms with Gasteiger partial charge >= 0.3 is 0 Å². The van der Waals surface area contributed by atoms with Gasteiger partial charge < -0.3 is 10.1 Å². The van der Waals surface area contributed by atoms with Gasteiger partial charge in [0.25, 0.3) is 0 Å². The van der Waals surface area contributed by atoms with E-state index in [2.05, 4.69) is 59.0 Å². The molecule has 0 spiro atoms. The van der Waals surface area contributed by atoms with Crippen LogP contribution in [0.4, 0.5) is 5.69 Å². The molecule has 1 unspecified atom stereocenters. The van der Waals surface area contributed by atoms with E-state index < -0.39 is 0 Å². The second kappa shape index (κ2) is 8.14. The molecule has 0 bridgehead atoms. The van der Waals surface area contributed by atoms with E-state index in [4.69, 9.17) is 4.74 Å². The van der Waals surface area contributed by atoms with Gasteiger partial charge in [-0.2, -0.15) is 4.68 Å². The Bertz CT molecular complexity index is 1070. The van der Waals surface area contributed by atoms with Crippen molar-refractivity contribution < 1.29 is 4.74 Å². The second-order valence-corrected chi connectivity index (χ2v) is 6.91. The first-order chi connectivity index (χ1) is 14.2. The Labute approximate surface area is 170 Å². The van der Waals surface area contributed by atoms with Crippen molar-refractivity contribution in [3.8, 4) is 11.4 Å². The minimum atomic E-state index is -0.224. The Morgan fingerprint density at radius 1 is 0.862 bits per heavy atom. The lowest BCUT2D eigenvalue weighted by Crippen LogP contribution is -2.19. The monoisotopic (exact) mass is 385 g/mol. The molecule has 0 aliphatic heterocycles. The van der Waals surface area contributed by atoms with Crippen molar-refractivity contribution in [3.63, 3.8) is 0 Å². The summed E-state index contributed by atoms with van der Waals surface area (Å²) in [4.78, 5) is 0. The molecule has 1 atom stereocenters. The fraction of sp³-hybridized carbons (Fsp3) is 0.174. The Morgan fingerprint density at radius 3 is 2.21 bits per heavy atom. The topological polar surface area (TPSA) is 64.9 Å². The van der Waals surface area contributed by atoms with Gasteiger partial charge in [0.1, 0.15) is 11.8 Å².